The molecule has 0 spiro atoms. The van der Waals surface area contributed by atoms with E-state index in [0.29, 0.717) is 5.56 Å². The van der Waals surface area contributed by atoms with Crippen LogP contribution in [-0.2, 0) is 0 Å². The molecule has 3 heteroatoms. The zero-order valence-corrected chi connectivity index (χ0v) is 8.64. The molecule has 1 atom stereocenters. The third kappa shape index (κ3) is 2.77. The summed E-state index contributed by atoms with van der Waals surface area (Å²) in [5.74, 6) is -0.772. The van der Waals surface area contributed by atoms with Crippen molar-refractivity contribution in [2.45, 2.75) is 32.9 Å². The molecule has 1 rings (SSSR count). The SMILES string of the molecule is CC(C)N[C@@H](C)c1cc(F)ccc1F. The smallest absolute Gasteiger partial charge is 0.128 e. The van der Waals surface area contributed by atoms with Gasteiger partial charge in [-0.3, -0.25) is 0 Å². The molecule has 0 unspecified atom stereocenters. The Balaban J connectivity index is 2.88. The standard InChI is InChI=1S/C11H15F2N/c1-7(2)14-8(3)10-6-9(12)4-5-11(10)13/h4-8,14H,1-3H3/t8-/m0/s1. The lowest BCUT2D eigenvalue weighted by Gasteiger charge is -2.17. The van der Waals surface area contributed by atoms with Crippen LogP contribution in [0.4, 0.5) is 8.78 Å². The minimum atomic E-state index is -0.404. The molecule has 0 aromatic heterocycles. The zero-order valence-electron chi connectivity index (χ0n) is 8.64. The van der Waals surface area contributed by atoms with E-state index in [1.54, 1.807) is 0 Å². The lowest BCUT2D eigenvalue weighted by molar-refractivity contribution is 0.478. The highest BCUT2D eigenvalue weighted by Crippen LogP contribution is 2.18. The molecule has 0 aliphatic rings. The van der Waals surface area contributed by atoms with E-state index >= 15 is 0 Å². The van der Waals surface area contributed by atoms with Crippen molar-refractivity contribution in [3.63, 3.8) is 0 Å². The van der Waals surface area contributed by atoms with Crippen LogP contribution in [-0.4, -0.2) is 6.04 Å². The van der Waals surface area contributed by atoms with Crippen molar-refractivity contribution in [2.75, 3.05) is 0 Å². The van der Waals surface area contributed by atoms with Crippen LogP contribution in [0.25, 0.3) is 0 Å². The summed E-state index contributed by atoms with van der Waals surface area (Å²) in [4.78, 5) is 0. The zero-order chi connectivity index (χ0) is 10.7. The fraction of sp³-hybridized carbons (Fsp3) is 0.455. The number of hydrogen-bond donors (Lipinski definition) is 1. The van der Waals surface area contributed by atoms with Crippen LogP contribution >= 0.6 is 0 Å². The molecule has 0 heterocycles. The molecule has 0 saturated carbocycles. The summed E-state index contributed by atoms with van der Waals surface area (Å²) in [7, 11) is 0. The highest BCUT2D eigenvalue weighted by Gasteiger charge is 2.12. The Morgan fingerprint density at radius 3 is 2.36 bits per heavy atom. The van der Waals surface area contributed by atoms with Crippen LogP contribution in [0.3, 0.4) is 0 Å². The second kappa shape index (κ2) is 4.51. The van der Waals surface area contributed by atoms with Crippen LogP contribution in [0, 0.1) is 11.6 Å². The van der Waals surface area contributed by atoms with Gasteiger partial charge in [-0.05, 0) is 25.1 Å². The first kappa shape index (κ1) is 11.1. The van der Waals surface area contributed by atoms with Gasteiger partial charge in [-0.1, -0.05) is 13.8 Å². The van der Waals surface area contributed by atoms with Crippen molar-refractivity contribution in [3.8, 4) is 0 Å². The normalized spacial score (nSPS) is 13.3. The average Bonchev–Trinajstić information content (AvgIpc) is 2.08. The van der Waals surface area contributed by atoms with Crippen LogP contribution in [0.1, 0.15) is 32.4 Å². The predicted octanol–water partition coefficient (Wildman–Crippen LogP) is 3.02. The maximum atomic E-state index is 13.3. The summed E-state index contributed by atoms with van der Waals surface area (Å²) in [5, 5.41) is 3.12. The summed E-state index contributed by atoms with van der Waals surface area (Å²) in [6.45, 7) is 5.75. The van der Waals surface area contributed by atoms with Crippen LogP contribution < -0.4 is 5.32 Å². The maximum Gasteiger partial charge on any atom is 0.128 e. The molecule has 0 aliphatic heterocycles. The van der Waals surface area contributed by atoms with Gasteiger partial charge >= 0.3 is 0 Å². The molecule has 14 heavy (non-hydrogen) atoms. The van der Waals surface area contributed by atoms with E-state index in [4.69, 9.17) is 0 Å². The van der Waals surface area contributed by atoms with E-state index in [0.717, 1.165) is 12.1 Å². The molecule has 78 valence electrons. The molecule has 0 saturated heterocycles. The van der Waals surface area contributed by atoms with E-state index < -0.39 is 5.82 Å². The van der Waals surface area contributed by atoms with Gasteiger partial charge in [-0.25, -0.2) is 8.78 Å². The molecule has 1 aromatic carbocycles. The summed E-state index contributed by atoms with van der Waals surface area (Å²) in [5.41, 5.74) is 0.374. The Hall–Kier alpha value is -0.960. The van der Waals surface area contributed by atoms with Crippen molar-refractivity contribution in [3.05, 3.63) is 35.4 Å². The lowest BCUT2D eigenvalue weighted by atomic mass is 10.1. The highest BCUT2D eigenvalue weighted by atomic mass is 19.1. The molecule has 1 aromatic rings. The van der Waals surface area contributed by atoms with Gasteiger partial charge < -0.3 is 5.32 Å². The summed E-state index contributed by atoms with van der Waals surface area (Å²) in [6.07, 6.45) is 0. The number of halogens is 2. The Labute approximate surface area is 83.1 Å². The fourth-order valence-electron chi connectivity index (χ4n) is 1.44. The lowest BCUT2D eigenvalue weighted by Crippen LogP contribution is -2.26. The number of hydrogen-bond acceptors (Lipinski definition) is 1. The van der Waals surface area contributed by atoms with Gasteiger partial charge in [-0.15, -0.1) is 0 Å². The minimum Gasteiger partial charge on any atom is -0.308 e. The van der Waals surface area contributed by atoms with E-state index in [1.165, 1.54) is 6.07 Å². The third-order valence-electron chi connectivity index (χ3n) is 2.01. The number of nitrogens with one attached hydrogen (secondary N) is 1. The van der Waals surface area contributed by atoms with Gasteiger partial charge in [0, 0.05) is 17.6 Å². The first-order valence-corrected chi connectivity index (χ1v) is 4.71. The van der Waals surface area contributed by atoms with Crippen molar-refractivity contribution in [2.24, 2.45) is 0 Å². The topological polar surface area (TPSA) is 12.0 Å². The van der Waals surface area contributed by atoms with Gasteiger partial charge in [0.1, 0.15) is 11.6 Å². The van der Waals surface area contributed by atoms with E-state index in [2.05, 4.69) is 5.32 Å². The third-order valence-corrected chi connectivity index (χ3v) is 2.01. The van der Waals surface area contributed by atoms with Gasteiger partial charge in [0.25, 0.3) is 0 Å². The maximum absolute atomic E-state index is 13.3. The molecular weight excluding hydrogens is 184 g/mol. The highest BCUT2D eigenvalue weighted by molar-refractivity contribution is 5.21. The van der Waals surface area contributed by atoms with E-state index in [9.17, 15) is 8.78 Å². The van der Waals surface area contributed by atoms with Gasteiger partial charge in [0.2, 0.25) is 0 Å². The quantitative estimate of drug-likeness (QED) is 0.789. The molecule has 1 nitrogen and oxygen atoms in total. The predicted molar refractivity (Wildman–Crippen MR) is 53.0 cm³/mol. The van der Waals surface area contributed by atoms with Crippen LogP contribution in [0.2, 0.25) is 0 Å². The van der Waals surface area contributed by atoms with Gasteiger partial charge in [0.05, 0.1) is 0 Å². The number of rotatable bonds is 3. The molecule has 0 aliphatic carbocycles. The summed E-state index contributed by atoms with van der Waals surface area (Å²) < 4.78 is 26.1. The first-order valence-electron chi connectivity index (χ1n) is 4.71. The van der Waals surface area contributed by atoms with Crippen LogP contribution in [0.5, 0.6) is 0 Å². The van der Waals surface area contributed by atoms with Gasteiger partial charge in [0.15, 0.2) is 0 Å². The minimum absolute atomic E-state index is 0.175. The van der Waals surface area contributed by atoms with Crippen LogP contribution in [0.15, 0.2) is 18.2 Å². The van der Waals surface area contributed by atoms with Crippen molar-refractivity contribution >= 4 is 0 Å². The largest absolute Gasteiger partial charge is 0.308 e. The molecule has 1 N–H and O–H groups in total. The monoisotopic (exact) mass is 199 g/mol. The van der Waals surface area contributed by atoms with Crippen molar-refractivity contribution < 1.29 is 8.78 Å². The van der Waals surface area contributed by atoms with E-state index in [-0.39, 0.29) is 17.9 Å². The van der Waals surface area contributed by atoms with Crippen molar-refractivity contribution in [1.29, 1.82) is 0 Å². The van der Waals surface area contributed by atoms with Crippen molar-refractivity contribution in [1.82, 2.24) is 5.32 Å². The van der Waals surface area contributed by atoms with E-state index in [1.807, 2.05) is 20.8 Å². The summed E-state index contributed by atoms with van der Waals surface area (Å²) >= 11 is 0. The second-order valence-electron chi connectivity index (χ2n) is 3.71. The molecular formula is C11H15F2N. The average molecular weight is 199 g/mol. The summed E-state index contributed by atoms with van der Waals surface area (Å²) in [6, 6.07) is 3.58. The second-order valence-corrected chi connectivity index (χ2v) is 3.71. The molecule has 0 radical (unpaired) electrons. The first-order chi connectivity index (χ1) is 6.50. The Morgan fingerprint density at radius 2 is 1.79 bits per heavy atom. The Kier molecular flexibility index (Phi) is 3.58. The fourth-order valence-corrected chi connectivity index (χ4v) is 1.44. The Bertz CT molecular complexity index is 310. The molecule has 0 fully saturated rings. The molecule has 0 amide bonds. The van der Waals surface area contributed by atoms with Gasteiger partial charge in [-0.2, -0.15) is 0 Å². The number of benzene rings is 1. The Morgan fingerprint density at radius 1 is 1.14 bits per heavy atom. The molecule has 0 bridgehead atoms.